The second-order valence-corrected chi connectivity index (χ2v) is 10.5. The van der Waals surface area contributed by atoms with Crippen molar-refractivity contribution in [2.24, 2.45) is 0 Å². The number of hydrogen-bond donors (Lipinski definition) is 0. The molecule has 2 aromatic heterocycles. The van der Waals surface area contributed by atoms with E-state index < -0.39 is 11.9 Å². The summed E-state index contributed by atoms with van der Waals surface area (Å²) in [6.45, 7) is 0. The summed E-state index contributed by atoms with van der Waals surface area (Å²) in [5.41, 5.74) is 1.96. The number of carbonyl (C=O) groups excluding carboxylic acids is 2. The van der Waals surface area contributed by atoms with Crippen LogP contribution in [0.1, 0.15) is 71.2 Å². The fourth-order valence-corrected chi connectivity index (χ4v) is 6.10. The van der Waals surface area contributed by atoms with E-state index in [9.17, 15) is 9.59 Å². The van der Waals surface area contributed by atoms with Crippen molar-refractivity contribution in [2.45, 2.75) is 62.6 Å². The van der Waals surface area contributed by atoms with E-state index in [1.165, 1.54) is 7.11 Å². The zero-order valence-corrected chi connectivity index (χ0v) is 21.5. The molecule has 2 saturated heterocycles. The number of esters is 2. The standard InChI is InChI=1S/C26H24Cl2N4O5/c1-35-26(34)24-29-11-16(12-30-24)32-14-7-8-15(32)10-17(9-14)36-25(33)21-22(31-37-23(21)13-5-6-13)20-18(27)3-2-4-19(20)28/h2-4,11-15,17H,5-10H2,1H3/t14-,15+,17-. The Hall–Kier alpha value is -3.17. The highest BCUT2D eigenvalue weighted by molar-refractivity contribution is 6.39. The smallest absolute Gasteiger partial charge is 0.376 e. The first-order valence-corrected chi connectivity index (χ1v) is 13.0. The lowest BCUT2D eigenvalue weighted by Crippen LogP contribution is -2.46. The van der Waals surface area contributed by atoms with E-state index in [2.05, 4.69) is 24.8 Å². The van der Waals surface area contributed by atoms with Gasteiger partial charge in [-0.25, -0.2) is 19.6 Å². The average Bonchev–Trinajstić information content (AvgIpc) is 3.59. The number of rotatable bonds is 6. The van der Waals surface area contributed by atoms with Crippen molar-refractivity contribution < 1.29 is 23.6 Å². The maximum absolute atomic E-state index is 13.6. The molecule has 3 aromatic rings. The first-order chi connectivity index (χ1) is 17.9. The average molecular weight is 543 g/mol. The van der Waals surface area contributed by atoms with Crippen molar-refractivity contribution in [1.82, 2.24) is 15.1 Å². The van der Waals surface area contributed by atoms with Gasteiger partial charge in [-0.05, 0) is 37.8 Å². The minimum Gasteiger partial charge on any atom is -0.463 e. The van der Waals surface area contributed by atoms with Crippen LogP contribution in [0.25, 0.3) is 11.3 Å². The number of carbonyl (C=O) groups is 2. The zero-order chi connectivity index (χ0) is 25.7. The summed E-state index contributed by atoms with van der Waals surface area (Å²) < 4.78 is 16.4. The number of anilines is 1. The molecular weight excluding hydrogens is 519 g/mol. The van der Waals surface area contributed by atoms with Crippen LogP contribution in [0.2, 0.25) is 10.0 Å². The fourth-order valence-electron chi connectivity index (χ4n) is 5.53. The summed E-state index contributed by atoms with van der Waals surface area (Å²) >= 11 is 12.9. The molecule has 1 aliphatic carbocycles. The Morgan fingerprint density at radius 3 is 2.24 bits per heavy atom. The number of nitrogens with zero attached hydrogens (tertiary/aromatic N) is 4. The van der Waals surface area contributed by atoms with Gasteiger partial charge in [0.05, 0.1) is 35.2 Å². The van der Waals surface area contributed by atoms with Gasteiger partial charge in [-0.3, -0.25) is 0 Å². The van der Waals surface area contributed by atoms with Crippen molar-refractivity contribution >= 4 is 40.8 Å². The Labute approximate surface area is 223 Å². The van der Waals surface area contributed by atoms with Gasteiger partial charge in [0.15, 0.2) is 5.76 Å². The molecule has 11 heteroatoms. The third-order valence-corrected chi connectivity index (χ3v) is 7.97. The number of fused-ring (bicyclic) bond motifs is 2. The Morgan fingerprint density at radius 1 is 1.00 bits per heavy atom. The molecule has 3 fully saturated rings. The fraction of sp³-hybridized carbons (Fsp3) is 0.423. The van der Waals surface area contributed by atoms with E-state index in [1.807, 2.05) is 0 Å². The summed E-state index contributed by atoms with van der Waals surface area (Å²) in [6.07, 6.45) is 8.20. The number of aromatic nitrogens is 3. The second-order valence-electron chi connectivity index (χ2n) is 9.69. The van der Waals surface area contributed by atoms with Gasteiger partial charge in [-0.15, -0.1) is 0 Å². The van der Waals surface area contributed by atoms with Crippen LogP contribution in [0, 0.1) is 0 Å². The molecule has 6 rings (SSSR count). The number of ether oxygens (including phenoxy) is 2. The molecule has 192 valence electrons. The topological polar surface area (TPSA) is 108 Å². The third-order valence-electron chi connectivity index (χ3n) is 7.34. The van der Waals surface area contributed by atoms with Gasteiger partial charge >= 0.3 is 11.9 Å². The van der Waals surface area contributed by atoms with Crippen LogP contribution in [-0.2, 0) is 9.47 Å². The molecule has 4 heterocycles. The molecule has 37 heavy (non-hydrogen) atoms. The normalized spacial score (nSPS) is 22.7. The molecule has 9 nitrogen and oxygen atoms in total. The second kappa shape index (κ2) is 9.61. The van der Waals surface area contributed by atoms with Gasteiger partial charge in [-0.1, -0.05) is 34.4 Å². The Balaban J connectivity index is 1.22. The highest BCUT2D eigenvalue weighted by Crippen LogP contribution is 2.47. The molecule has 3 aliphatic rings. The number of hydrogen-bond acceptors (Lipinski definition) is 9. The number of methoxy groups -OCH3 is 1. The predicted molar refractivity (Wildman–Crippen MR) is 135 cm³/mol. The van der Waals surface area contributed by atoms with Crippen LogP contribution in [0.3, 0.4) is 0 Å². The van der Waals surface area contributed by atoms with Gasteiger partial charge in [0, 0.05) is 36.4 Å². The van der Waals surface area contributed by atoms with E-state index >= 15 is 0 Å². The highest BCUT2D eigenvalue weighted by Gasteiger charge is 2.44. The molecule has 1 aromatic carbocycles. The summed E-state index contributed by atoms with van der Waals surface area (Å²) in [5.74, 6) is -0.318. The first-order valence-electron chi connectivity index (χ1n) is 12.3. The summed E-state index contributed by atoms with van der Waals surface area (Å²) in [5, 5.41) is 4.99. The predicted octanol–water partition coefficient (Wildman–Crippen LogP) is 5.46. The van der Waals surface area contributed by atoms with Crippen LogP contribution in [0.5, 0.6) is 0 Å². The molecule has 0 spiro atoms. The summed E-state index contributed by atoms with van der Waals surface area (Å²) in [6, 6.07) is 5.50. The highest BCUT2D eigenvalue weighted by atomic mass is 35.5. The Morgan fingerprint density at radius 2 is 1.65 bits per heavy atom. The van der Waals surface area contributed by atoms with Gasteiger partial charge < -0.3 is 18.9 Å². The van der Waals surface area contributed by atoms with Gasteiger partial charge in [0.2, 0.25) is 5.82 Å². The molecule has 0 N–H and O–H groups in total. The van der Waals surface area contributed by atoms with Crippen molar-refractivity contribution in [3.8, 4) is 11.3 Å². The number of benzene rings is 1. The van der Waals surface area contributed by atoms with Crippen LogP contribution in [-0.4, -0.2) is 52.4 Å². The maximum Gasteiger partial charge on any atom is 0.376 e. The number of halogens is 2. The van der Waals surface area contributed by atoms with E-state index in [-0.39, 0.29) is 29.9 Å². The van der Waals surface area contributed by atoms with E-state index in [4.69, 9.17) is 32.5 Å². The molecule has 0 radical (unpaired) electrons. The SMILES string of the molecule is COC(=O)c1ncc(N2[C@@H]3CC[C@H]2C[C@H](OC(=O)c2c(-c4c(Cl)cccc4Cl)noc2C2CC2)C3)cn1. The largest absolute Gasteiger partial charge is 0.463 e. The summed E-state index contributed by atoms with van der Waals surface area (Å²) in [7, 11) is 1.30. The van der Waals surface area contributed by atoms with E-state index in [0.717, 1.165) is 31.4 Å². The first kappa shape index (κ1) is 24.2. The van der Waals surface area contributed by atoms with E-state index in [0.29, 0.717) is 45.5 Å². The Kier molecular flexibility index (Phi) is 6.28. The lowest BCUT2D eigenvalue weighted by molar-refractivity contribution is 0.0202. The molecule has 0 unspecified atom stereocenters. The van der Waals surface area contributed by atoms with Crippen molar-refractivity contribution in [1.29, 1.82) is 0 Å². The maximum atomic E-state index is 13.6. The third kappa shape index (κ3) is 4.44. The lowest BCUT2D eigenvalue weighted by atomic mass is 9.98. The van der Waals surface area contributed by atoms with Gasteiger partial charge in [-0.2, -0.15) is 0 Å². The molecular formula is C26H24Cl2N4O5. The Bertz CT molecular complexity index is 1320. The molecule has 0 amide bonds. The van der Waals surface area contributed by atoms with Gasteiger partial charge in [0.25, 0.3) is 0 Å². The summed E-state index contributed by atoms with van der Waals surface area (Å²) in [4.78, 5) is 35.8. The van der Waals surface area contributed by atoms with Crippen LogP contribution in [0.15, 0.2) is 35.1 Å². The minimum absolute atomic E-state index is 0.0250. The van der Waals surface area contributed by atoms with Crippen LogP contribution < -0.4 is 4.90 Å². The molecule has 3 atom stereocenters. The van der Waals surface area contributed by atoms with Gasteiger partial charge in [0.1, 0.15) is 17.4 Å². The molecule has 2 bridgehead atoms. The molecule has 1 saturated carbocycles. The van der Waals surface area contributed by atoms with E-state index in [1.54, 1.807) is 30.6 Å². The monoisotopic (exact) mass is 542 g/mol. The minimum atomic E-state index is -0.572. The molecule has 2 aliphatic heterocycles. The van der Waals surface area contributed by atoms with Crippen LogP contribution >= 0.6 is 23.2 Å². The van der Waals surface area contributed by atoms with Crippen molar-refractivity contribution in [3.05, 3.63) is 57.8 Å². The van der Waals surface area contributed by atoms with Crippen molar-refractivity contribution in [2.75, 3.05) is 12.0 Å². The zero-order valence-electron chi connectivity index (χ0n) is 20.0. The van der Waals surface area contributed by atoms with Crippen LogP contribution in [0.4, 0.5) is 5.69 Å². The lowest BCUT2D eigenvalue weighted by Gasteiger charge is -2.39. The quantitative estimate of drug-likeness (QED) is 0.375. The number of piperidine rings is 1. The van der Waals surface area contributed by atoms with Crippen molar-refractivity contribution in [3.63, 3.8) is 0 Å².